The molecule has 0 bridgehead atoms. The molecule has 0 aliphatic carbocycles. The Morgan fingerprint density at radius 3 is 2.34 bits per heavy atom. The van der Waals surface area contributed by atoms with Gasteiger partial charge in [-0.1, -0.05) is 13.0 Å². The summed E-state index contributed by atoms with van der Waals surface area (Å²) in [5.74, 6) is 0.0294. The lowest BCUT2D eigenvalue weighted by Crippen LogP contribution is -2.52. The first-order valence-corrected chi connectivity index (χ1v) is 11.9. The summed E-state index contributed by atoms with van der Waals surface area (Å²) >= 11 is 0. The van der Waals surface area contributed by atoms with Crippen LogP contribution in [0.4, 0.5) is 0 Å². The summed E-state index contributed by atoms with van der Waals surface area (Å²) in [6.45, 7) is 8.80. The molecule has 2 fully saturated rings. The van der Waals surface area contributed by atoms with Crippen LogP contribution in [0.3, 0.4) is 0 Å². The van der Waals surface area contributed by atoms with E-state index < -0.39 is 11.4 Å². The molecule has 4 rings (SSSR count). The van der Waals surface area contributed by atoms with Crippen LogP contribution in [0.2, 0.25) is 0 Å². The summed E-state index contributed by atoms with van der Waals surface area (Å²) in [7, 11) is 0. The summed E-state index contributed by atoms with van der Waals surface area (Å²) < 4.78 is 6.07. The fraction of sp³-hybridized carbons (Fsp3) is 0.667. The summed E-state index contributed by atoms with van der Waals surface area (Å²) in [5.41, 5.74) is 7.16. The van der Waals surface area contributed by atoms with Crippen LogP contribution in [-0.2, 0) is 17.8 Å². The molecule has 0 aromatic heterocycles. The highest BCUT2D eigenvalue weighted by Gasteiger charge is 2.44. The van der Waals surface area contributed by atoms with E-state index in [-0.39, 0.29) is 49.8 Å². The second-order valence-corrected chi connectivity index (χ2v) is 9.56. The molecule has 0 unspecified atom stereocenters. The van der Waals surface area contributed by atoms with Crippen LogP contribution < -0.4 is 10.5 Å². The summed E-state index contributed by atoms with van der Waals surface area (Å²) in [6.07, 6.45) is 4.45. The van der Waals surface area contributed by atoms with Gasteiger partial charge >= 0.3 is 5.97 Å². The van der Waals surface area contributed by atoms with Gasteiger partial charge in [0.25, 0.3) is 0 Å². The molecular weight excluding hydrogens is 513 g/mol. The van der Waals surface area contributed by atoms with Crippen molar-refractivity contribution in [1.29, 1.82) is 5.41 Å². The summed E-state index contributed by atoms with van der Waals surface area (Å²) in [4.78, 5) is 19.1. The molecular formula is C24H40Cl3N5O3. The van der Waals surface area contributed by atoms with E-state index in [1.807, 2.05) is 17.0 Å². The Labute approximate surface area is 227 Å². The van der Waals surface area contributed by atoms with E-state index in [1.165, 1.54) is 18.4 Å². The van der Waals surface area contributed by atoms with Crippen molar-refractivity contribution in [2.75, 3.05) is 45.9 Å². The lowest BCUT2D eigenvalue weighted by molar-refractivity contribution is -0.155. The largest absolute Gasteiger partial charge is 0.492 e. The molecule has 0 atom stereocenters. The van der Waals surface area contributed by atoms with Gasteiger partial charge in [0, 0.05) is 19.1 Å². The number of rotatable bonds is 6. The number of guanidine groups is 1. The molecule has 3 aliphatic rings. The fourth-order valence-electron chi connectivity index (χ4n) is 5.39. The van der Waals surface area contributed by atoms with E-state index in [4.69, 9.17) is 15.9 Å². The van der Waals surface area contributed by atoms with E-state index in [1.54, 1.807) is 0 Å². The van der Waals surface area contributed by atoms with Crippen LogP contribution in [0, 0.1) is 10.8 Å². The minimum atomic E-state index is -0.831. The molecule has 0 radical (unpaired) electrons. The molecule has 0 saturated carbocycles. The first kappa shape index (κ1) is 31.6. The minimum absolute atomic E-state index is 0. The predicted molar refractivity (Wildman–Crippen MR) is 146 cm³/mol. The Morgan fingerprint density at radius 2 is 1.77 bits per heavy atom. The van der Waals surface area contributed by atoms with Gasteiger partial charge in [-0.25, -0.2) is 0 Å². The number of fused-ring (bicyclic) bond motifs is 1. The van der Waals surface area contributed by atoms with Crippen molar-refractivity contribution in [1.82, 2.24) is 14.7 Å². The van der Waals surface area contributed by atoms with Crippen LogP contribution in [-0.4, -0.2) is 83.7 Å². The zero-order chi connectivity index (χ0) is 22.7. The van der Waals surface area contributed by atoms with Gasteiger partial charge in [-0.3, -0.25) is 10.2 Å². The minimum Gasteiger partial charge on any atom is -0.492 e. The second-order valence-electron chi connectivity index (χ2n) is 9.56. The van der Waals surface area contributed by atoms with E-state index in [2.05, 4.69) is 22.8 Å². The van der Waals surface area contributed by atoms with Crippen molar-refractivity contribution in [2.24, 2.45) is 11.1 Å². The number of aliphatic carboxylic acids is 1. The number of piperidine rings is 2. The van der Waals surface area contributed by atoms with Crippen molar-refractivity contribution in [3.63, 3.8) is 0 Å². The maximum absolute atomic E-state index is 12.3. The summed E-state index contributed by atoms with van der Waals surface area (Å²) in [5, 5.41) is 17.8. The third-order valence-corrected chi connectivity index (χ3v) is 7.78. The second kappa shape index (κ2) is 13.7. The van der Waals surface area contributed by atoms with Crippen molar-refractivity contribution in [2.45, 2.75) is 51.6 Å². The van der Waals surface area contributed by atoms with Crippen LogP contribution >= 0.6 is 37.2 Å². The monoisotopic (exact) mass is 551 g/mol. The Morgan fingerprint density at radius 1 is 1.11 bits per heavy atom. The molecule has 3 heterocycles. The maximum Gasteiger partial charge on any atom is 0.313 e. The molecule has 11 heteroatoms. The van der Waals surface area contributed by atoms with E-state index in [0.29, 0.717) is 31.2 Å². The van der Waals surface area contributed by atoms with Gasteiger partial charge in [0.1, 0.15) is 17.8 Å². The lowest BCUT2D eigenvalue weighted by atomic mass is 9.78. The Bertz CT molecular complexity index is 844. The number of likely N-dealkylation sites (tertiary alicyclic amines) is 2. The quantitative estimate of drug-likeness (QED) is 0.367. The summed E-state index contributed by atoms with van der Waals surface area (Å²) in [6, 6.07) is 6.56. The molecule has 8 nitrogen and oxygen atoms in total. The number of benzene rings is 1. The highest BCUT2D eigenvalue weighted by Crippen LogP contribution is 2.35. The number of hydrogen-bond acceptors (Lipinski definition) is 5. The number of carboxylic acid groups (broad SMARTS) is 1. The highest BCUT2D eigenvalue weighted by atomic mass is 35.5. The van der Waals surface area contributed by atoms with Gasteiger partial charge in [-0.15, -0.1) is 37.2 Å². The van der Waals surface area contributed by atoms with E-state index in [0.717, 1.165) is 51.3 Å². The molecule has 2 saturated heterocycles. The van der Waals surface area contributed by atoms with Gasteiger partial charge in [-0.2, -0.15) is 0 Å². The topological polar surface area (TPSA) is 106 Å². The van der Waals surface area contributed by atoms with Crippen LogP contribution in [0.25, 0.3) is 0 Å². The number of ether oxygens (including phenoxy) is 1. The molecule has 0 spiro atoms. The van der Waals surface area contributed by atoms with Crippen LogP contribution in [0.1, 0.15) is 43.7 Å². The van der Waals surface area contributed by atoms with Gasteiger partial charge in [0.15, 0.2) is 5.96 Å². The molecule has 1 aromatic carbocycles. The number of nitrogens with two attached hydrogens (primary N) is 1. The smallest absolute Gasteiger partial charge is 0.313 e. The van der Waals surface area contributed by atoms with Crippen molar-refractivity contribution in [3.8, 4) is 5.75 Å². The number of carbonyl (C=O) groups is 1. The van der Waals surface area contributed by atoms with Crippen molar-refractivity contribution >= 4 is 49.1 Å². The molecule has 4 N–H and O–H groups in total. The van der Waals surface area contributed by atoms with Crippen molar-refractivity contribution in [3.05, 3.63) is 29.3 Å². The van der Waals surface area contributed by atoms with Gasteiger partial charge in [0.05, 0.1) is 0 Å². The average Bonchev–Trinajstić information content (AvgIpc) is 2.82. The standard InChI is InChI=1S/C24H37N5O3.3ClH/c1-2-27-10-6-20(7-11-27)28-13-8-24(9-14-28,22(30)31)17-32-21-4-3-18-5-12-29(23(25)26)16-19(18)15-21;;;/h3-4,15,20H,2,5-14,16-17H2,1H3,(H3,25,26)(H,30,31);3*1H. The zero-order valence-corrected chi connectivity index (χ0v) is 22.9. The van der Waals surface area contributed by atoms with Crippen LogP contribution in [0.5, 0.6) is 5.75 Å². The van der Waals surface area contributed by atoms with E-state index >= 15 is 0 Å². The number of nitrogens with one attached hydrogen (secondary N) is 1. The fourth-order valence-corrected chi connectivity index (χ4v) is 5.39. The van der Waals surface area contributed by atoms with Gasteiger partial charge < -0.3 is 30.3 Å². The molecule has 0 amide bonds. The van der Waals surface area contributed by atoms with Crippen molar-refractivity contribution < 1.29 is 14.6 Å². The first-order valence-electron chi connectivity index (χ1n) is 11.9. The van der Waals surface area contributed by atoms with Crippen LogP contribution in [0.15, 0.2) is 18.2 Å². The third kappa shape index (κ3) is 7.29. The lowest BCUT2D eigenvalue weighted by Gasteiger charge is -2.44. The third-order valence-electron chi connectivity index (χ3n) is 7.78. The number of nitrogens with zero attached hydrogens (tertiary/aromatic N) is 3. The van der Waals surface area contributed by atoms with E-state index in [9.17, 15) is 9.90 Å². The molecule has 35 heavy (non-hydrogen) atoms. The average molecular weight is 553 g/mol. The highest BCUT2D eigenvalue weighted by molar-refractivity contribution is 5.86. The van der Waals surface area contributed by atoms with Gasteiger partial charge in [0.2, 0.25) is 0 Å². The normalized spacial score (nSPS) is 20.4. The predicted octanol–water partition coefficient (Wildman–Crippen LogP) is 3.23. The maximum atomic E-state index is 12.3. The number of halogens is 3. The number of carboxylic acids is 1. The number of hydrogen-bond donors (Lipinski definition) is 3. The SMILES string of the molecule is CCN1CCC(N2CCC(COc3ccc4c(c3)CN(C(=N)N)CC4)(C(=O)O)CC2)CC1.Cl.Cl.Cl. The molecule has 3 aliphatic heterocycles. The molecule has 1 aromatic rings. The Balaban J connectivity index is 0.00000204. The first-order chi connectivity index (χ1) is 15.4. The Kier molecular flexibility index (Phi) is 12.4. The Hall–Kier alpha value is -1.45. The van der Waals surface area contributed by atoms with Gasteiger partial charge in [-0.05, 0) is 88.1 Å². The zero-order valence-electron chi connectivity index (χ0n) is 20.4. The molecule has 200 valence electrons.